The van der Waals surface area contributed by atoms with Crippen LogP contribution in [0.1, 0.15) is 76.9 Å². The molecule has 1 amide bonds. The SMILES string of the molecule is CC1(O)CC(C(=O)N(CC23CCC(c4noc(C(C)(F)F)n4)(CC2)CC3)c2cccc(Cl)c2)C1. The molecular weight excluding hydrogens is 464 g/mol. The lowest BCUT2D eigenvalue weighted by atomic mass is 9.53. The van der Waals surface area contributed by atoms with Gasteiger partial charge in [0.25, 0.3) is 5.89 Å². The van der Waals surface area contributed by atoms with Crippen LogP contribution < -0.4 is 4.90 Å². The van der Waals surface area contributed by atoms with Crippen molar-refractivity contribution < 1.29 is 23.2 Å². The van der Waals surface area contributed by atoms with Crippen LogP contribution in [0.15, 0.2) is 28.8 Å². The zero-order valence-electron chi connectivity index (χ0n) is 19.5. The quantitative estimate of drug-likeness (QED) is 0.565. The van der Waals surface area contributed by atoms with Gasteiger partial charge in [0.2, 0.25) is 5.91 Å². The highest BCUT2D eigenvalue weighted by atomic mass is 35.5. The lowest BCUT2D eigenvalue weighted by molar-refractivity contribution is -0.137. The third-order valence-electron chi connectivity index (χ3n) is 8.28. The van der Waals surface area contributed by atoms with Gasteiger partial charge in [0.15, 0.2) is 5.82 Å². The zero-order valence-corrected chi connectivity index (χ0v) is 20.2. The van der Waals surface area contributed by atoms with Gasteiger partial charge in [-0.1, -0.05) is 22.8 Å². The molecule has 4 aliphatic carbocycles. The molecule has 1 heterocycles. The molecule has 0 spiro atoms. The van der Waals surface area contributed by atoms with Gasteiger partial charge >= 0.3 is 5.92 Å². The van der Waals surface area contributed by atoms with E-state index in [2.05, 4.69) is 10.1 Å². The maximum Gasteiger partial charge on any atom is 0.322 e. The first-order chi connectivity index (χ1) is 15.9. The molecule has 1 aromatic heterocycles. The summed E-state index contributed by atoms with van der Waals surface area (Å²) in [7, 11) is 0. The molecule has 9 heteroatoms. The van der Waals surface area contributed by atoms with Gasteiger partial charge < -0.3 is 14.5 Å². The van der Waals surface area contributed by atoms with Crippen LogP contribution in [0.2, 0.25) is 5.02 Å². The summed E-state index contributed by atoms with van der Waals surface area (Å²) in [6.45, 7) is 3.10. The second kappa shape index (κ2) is 7.98. The van der Waals surface area contributed by atoms with Gasteiger partial charge in [0.05, 0.1) is 5.60 Å². The largest absolute Gasteiger partial charge is 0.390 e. The highest BCUT2D eigenvalue weighted by molar-refractivity contribution is 6.30. The lowest BCUT2D eigenvalue weighted by Crippen LogP contribution is -2.54. The molecule has 0 radical (unpaired) electrons. The van der Waals surface area contributed by atoms with Gasteiger partial charge in [-0.3, -0.25) is 4.79 Å². The van der Waals surface area contributed by atoms with Gasteiger partial charge in [0.1, 0.15) is 0 Å². The normalized spacial score (nSPS) is 32.9. The zero-order chi connectivity index (χ0) is 24.4. The molecule has 0 aliphatic heterocycles. The van der Waals surface area contributed by atoms with E-state index in [0.29, 0.717) is 30.2 Å². The number of fused-ring (bicyclic) bond motifs is 3. The van der Waals surface area contributed by atoms with Crippen molar-refractivity contribution in [2.75, 3.05) is 11.4 Å². The van der Waals surface area contributed by atoms with Crippen molar-refractivity contribution in [1.29, 1.82) is 0 Å². The second-order valence-electron chi connectivity index (χ2n) is 11.1. The Kier molecular flexibility index (Phi) is 5.56. The summed E-state index contributed by atoms with van der Waals surface area (Å²) in [5, 5.41) is 14.7. The van der Waals surface area contributed by atoms with Crippen LogP contribution in [0.3, 0.4) is 0 Å². The van der Waals surface area contributed by atoms with Gasteiger partial charge in [-0.15, -0.1) is 0 Å². The minimum absolute atomic E-state index is 0.0264. The molecule has 6 nitrogen and oxygen atoms in total. The molecule has 0 unspecified atom stereocenters. The number of aromatic nitrogens is 2. The van der Waals surface area contributed by atoms with Crippen LogP contribution in [0.5, 0.6) is 0 Å². The molecule has 184 valence electrons. The number of benzene rings is 1. The van der Waals surface area contributed by atoms with E-state index in [1.165, 1.54) is 0 Å². The van der Waals surface area contributed by atoms with Crippen molar-refractivity contribution in [3.05, 3.63) is 41.0 Å². The van der Waals surface area contributed by atoms with Crippen molar-refractivity contribution in [3.63, 3.8) is 0 Å². The number of hydrogen-bond donors (Lipinski definition) is 1. The van der Waals surface area contributed by atoms with E-state index in [0.717, 1.165) is 51.1 Å². The Bertz CT molecular complexity index is 1060. The molecule has 1 aromatic carbocycles. The van der Waals surface area contributed by atoms with E-state index in [1.807, 2.05) is 23.1 Å². The Hall–Kier alpha value is -2.06. The van der Waals surface area contributed by atoms with E-state index in [-0.39, 0.29) is 22.7 Å². The van der Waals surface area contributed by atoms with Gasteiger partial charge in [-0.2, -0.15) is 13.8 Å². The van der Waals surface area contributed by atoms with Crippen LogP contribution in [-0.4, -0.2) is 33.3 Å². The van der Waals surface area contributed by atoms with Crippen LogP contribution in [0.25, 0.3) is 0 Å². The van der Waals surface area contributed by atoms with Gasteiger partial charge in [-0.25, -0.2) is 0 Å². The molecule has 2 bridgehead atoms. The number of hydrogen-bond acceptors (Lipinski definition) is 5. The van der Waals surface area contributed by atoms with E-state index >= 15 is 0 Å². The third kappa shape index (κ3) is 4.24. The van der Waals surface area contributed by atoms with Crippen LogP contribution in [0, 0.1) is 11.3 Å². The summed E-state index contributed by atoms with van der Waals surface area (Å²) >= 11 is 6.25. The van der Waals surface area contributed by atoms with Crippen molar-refractivity contribution in [3.8, 4) is 0 Å². The maximum absolute atomic E-state index is 13.6. The summed E-state index contributed by atoms with van der Waals surface area (Å²) in [6, 6.07) is 7.35. The van der Waals surface area contributed by atoms with E-state index in [4.69, 9.17) is 16.1 Å². The number of halogens is 3. The number of amides is 1. The molecular formula is C25H30ClF2N3O3. The van der Waals surface area contributed by atoms with Gasteiger partial charge in [-0.05, 0) is 81.9 Å². The number of alkyl halides is 2. The smallest absolute Gasteiger partial charge is 0.322 e. The van der Waals surface area contributed by atoms with Crippen LogP contribution in [0.4, 0.5) is 14.5 Å². The average Bonchev–Trinajstić information content (AvgIpc) is 3.29. The maximum atomic E-state index is 13.6. The van der Waals surface area contributed by atoms with Crippen molar-refractivity contribution >= 4 is 23.2 Å². The van der Waals surface area contributed by atoms with Gasteiger partial charge in [0, 0.05) is 35.5 Å². The molecule has 4 fully saturated rings. The Morgan fingerprint density at radius 1 is 1.24 bits per heavy atom. The van der Waals surface area contributed by atoms with Crippen molar-refractivity contribution in [2.45, 2.75) is 82.2 Å². The highest BCUT2D eigenvalue weighted by Crippen LogP contribution is 2.58. The third-order valence-corrected chi connectivity index (χ3v) is 8.51. The summed E-state index contributed by atoms with van der Waals surface area (Å²) in [6.07, 6.45) is 5.80. The number of anilines is 1. The predicted molar refractivity (Wildman–Crippen MR) is 123 cm³/mol. The standard InChI is InChI=1S/C25H30ClF2N3O3/c1-22(33)13-16(14-22)19(32)31(18-5-3-4-17(26)12-18)15-24-6-9-25(10-7-24,11-8-24)20-29-21(34-30-20)23(2,27)28/h3-5,12,16,33H,6-11,13-15H2,1-2H3. The number of carbonyl (C=O) groups excluding carboxylic acids is 1. The number of rotatable bonds is 6. The first-order valence-corrected chi connectivity index (χ1v) is 12.3. The fourth-order valence-corrected chi connectivity index (χ4v) is 6.31. The number of carbonyl (C=O) groups is 1. The topological polar surface area (TPSA) is 79.5 Å². The Labute approximate surface area is 202 Å². The fraction of sp³-hybridized carbons (Fsp3) is 0.640. The minimum Gasteiger partial charge on any atom is -0.390 e. The first kappa shape index (κ1) is 23.7. The first-order valence-electron chi connectivity index (χ1n) is 11.9. The van der Waals surface area contributed by atoms with Crippen molar-refractivity contribution in [2.24, 2.45) is 11.3 Å². The molecule has 4 aliphatic rings. The van der Waals surface area contributed by atoms with E-state index in [9.17, 15) is 18.7 Å². The average molecular weight is 494 g/mol. The predicted octanol–water partition coefficient (Wildman–Crippen LogP) is 5.62. The Balaban J connectivity index is 1.35. The molecule has 6 rings (SSSR count). The summed E-state index contributed by atoms with van der Waals surface area (Å²) in [5.74, 6) is -3.58. The summed E-state index contributed by atoms with van der Waals surface area (Å²) in [4.78, 5) is 19.4. The monoisotopic (exact) mass is 493 g/mol. The molecule has 0 saturated heterocycles. The molecule has 2 aromatic rings. The van der Waals surface area contributed by atoms with E-state index < -0.39 is 17.4 Å². The van der Waals surface area contributed by atoms with Crippen LogP contribution >= 0.6 is 11.6 Å². The molecule has 34 heavy (non-hydrogen) atoms. The van der Waals surface area contributed by atoms with E-state index in [1.54, 1.807) is 13.0 Å². The molecule has 1 N–H and O–H groups in total. The Morgan fingerprint density at radius 3 is 2.41 bits per heavy atom. The number of aliphatic hydroxyl groups is 1. The molecule has 4 saturated carbocycles. The van der Waals surface area contributed by atoms with Crippen molar-refractivity contribution in [1.82, 2.24) is 10.1 Å². The van der Waals surface area contributed by atoms with Crippen LogP contribution in [-0.2, 0) is 16.1 Å². The number of nitrogens with zero attached hydrogens (tertiary/aromatic N) is 3. The highest BCUT2D eigenvalue weighted by Gasteiger charge is 2.53. The summed E-state index contributed by atoms with van der Waals surface area (Å²) < 4.78 is 32.1. The lowest BCUT2D eigenvalue weighted by Gasteiger charge is -2.54. The molecule has 0 atom stereocenters. The minimum atomic E-state index is -3.15. The fourth-order valence-electron chi connectivity index (χ4n) is 6.13. The second-order valence-corrected chi connectivity index (χ2v) is 11.5. The summed E-state index contributed by atoms with van der Waals surface area (Å²) in [5.41, 5.74) is -0.416. The Morgan fingerprint density at radius 2 is 1.88 bits per heavy atom.